The van der Waals surface area contributed by atoms with Crippen LogP contribution in [0.2, 0.25) is 0 Å². The lowest BCUT2D eigenvalue weighted by atomic mass is 10.1. The van der Waals surface area contributed by atoms with Gasteiger partial charge in [-0.15, -0.1) is 0 Å². The maximum atomic E-state index is 11.9. The van der Waals surface area contributed by atoms with Crippen molar-refractivity contribution in [3.63, 3.8) is 0 Å². The normalized spacial score (nSPS) is 10.8. The van der Waals surface area contributed by atoms with E-state index in [9.17, 15) is 20.1 Å². The SMILES string of the molecule is O=C(/C=C/c1ccc(O)cc1)c1ccc(O)c(O)c1O. The predicted molar refractivity (Wildman–Crippen MR) is 72.9 cm³/mol. The third-order valence-corrected chi connectivity index (χ3v) is 2.72. The molecule has 4 N–H and O–H groups in total. The summed E-state index contributed by atoms with van der Waals surface area (Å²) in [5, 5.41) is 37.2. The molecule has 0 aliphatic rings. The van der Waals surface area contributed by atoms with Gasteiger partial charge in [0.1, 0.15) is 5.75 Å². The van der Waals surface area contributed by atoms with Crippen molar-refractivity contribution in [2.45, 2.75) is 0 Å². The Kier molecular flexibility index (Phi) is 3.61. The summed E-state index contributed by atoms with van der Waals surface area (Å²) in [7, 11) is 0. The molecule has 0 saturated carbocycles. The molecule has 0 radical (unpaired) electrons. The molecule has 102 valence electrons. The molecule has 0 fully saturated rings. The van der Waals surface area contributed by atoms with Crippen LogP contribution in [0.25, 0.3) is 6.08 Å². The van der Waals surface area contributed by atoms with Crippen LogP contribution in [-0.4, -0.2) is 26.2 Å². The molecule has 20 heavy (non-hydrogen) atoms. The van der Waals surface area contributed by atoms with E-state index >= 15 is 0 Å². The molecule has 2 rings (SSSR count). The highest BCUT2D eigenvalue weighted by Gasteiger charge is 2.15. The number of hydrogen-bond acceptors (Lipinski definition) is 5. The Labute approximate surface area is 114 Å². The van der Waals surface area contributed by atoms with Gasteiger partial charge in [0.05, 0.1) is 5.56 Å². The molecule has 0 heterocycles. The van der Waals surface area contributed by atoms with E-state index in [1.807, 2.05) is 0 Å². The summed E-state index contributed by atoms with van der Waals surface area (Å²) in [6, 6.07) is 8.53. The minimum atomic E-state index is -0.728. The van der Waals surface area contributed by atoms with Gasteiger partial charge in [0.2, 0.25) is 5.75 Å². The number of allylic oxidation sites excluding steroid dienone is 1. The van der Waals surface area contributed by atoms with Crippen molar-refractivity contribution in [1.29, 1.82) is 0 Å². The Balaban J connectivity index is 2.24. The molecule has 0 unspecified atom stereocenters. The molecule has 2 aromatic rings. The monoisotopic (exact) mass is 272 g/mol. The van der Waals surface area contributed by atoms with Crippen LogP contribution in [0.4, 0.5) is 0 Å². The van der Waals surface area contributed by atoms with Gasteiger partial charge < -0.3 is 20.4 Å². The summed E-state index contributed by atoms with van der Waals surface area (Å²) in [4.78, 5) is 11.9. The van der Waals surface area contributed by atoms with Gasteiger partial charge >= 0.3 is 0 Å². The summed E-state index contributed by atoms with van der Waals surface area (Å²) in [6.07, 6.45) is 2.73. The first-order chi connectivity index (χ1) is 9.49. The van der Waals surface area contributed by atoms with Crippen molar-refractivity contribution in [3.8, 4) is 23.0 Å². The first-order valence-electron chi connectivity index (χ1n) is 5.74. The highest BCUT2D eigenvalue weighted by Crippen LogP contribution is 2.37. The van der Waals surface area contributed by atoms with Crippen LogP contribution in [0.1, 0.15) is 15.9 Å². The molecule has 0 amide bonds. The van der Waals surface area contributed by atoms with Gasteiger partial charge in [0, 0.05) is 0 Å². The van der Waals surface area contributed by atoms with E-state index in [1.54, 1.807) is 12.1 Å². The Hall–Kier alpha value is -2.95. The number of aromatic hydroxyl groups is 4. The second kappa shape index (κ2) is 5.36. The van der Waals surface area contributed by atoms with Crippen molar-refractivity contribution < 1.29 is 25.2 Å². The van der Waals surface area contributed by atoms with Crippen molar-refractivity contribution in [3.05, 3.63) is 53.6 Å². The summed E-state index contributed by atoms with van der Waals surface area (Å²) in [5.41, 5.74) is 0.578. The fourth-order valence-corrected chi connectivity index (χ4v) is 1.61. The molecule has 0 spiro atoms. The molecule has 5 nitrogen and oxygen atoms in total. The maximum absolute atomic E-state index is 11.9. The van der Waals surface area contributed by atoms with E-state index < -0.39 is 23.0 Å². The summed E-state index contributed by atoms with van der Waals surface area (Å²) in [6.45, 7) is 0. The summed E-state index contributed by atoms with van der Waals surface area (Å²) >= 11 is 0. The van der Waals surface area contributed by atoms with Crippen molar-refractivity contribution in [1.82, 2.24) is 0 Å². The van der Waals surface area contributed by atoms with Crippen molar-refractivity contribution in [2.24, 2.45) is 0 Å². The van der Waals surface area contributed by atoms with Gasteiger partial charge in [-0.05, 0) is 35.9 Å². The lowest BCUT2D eigenvalue weighted by Crippen LogP contribution is -1.95. The van der Waals surface area contributed by atoms with E-state index in [0.717, 1.165) is 6.07 Å². The zero-order valence-electron chi connectivity index (χ0n) is 10.3. The number of carbonyl (C=O) groups excluding carboxylic acids is 1. The number of carbonyl (C=O) groups is 1. The second-order valence-electron chi connectivity index (χ2n) is 4.12. The number of ketones is 1. The Bertz CT molecular complexity index is 671. The third kappa shape index (κ3) is 2.72. The zero-order chi connectivity index (χ0) is 14.7. The molecule has 0 saturated heterocycles. The Morgan fingerprint density at radius 3 is 2.15 bits per heavy atom. The lowest BCUT2D eigenvalue weighted by molar-refractivity contribution is 0.104. The topological polar surface area (TPSA) is 98.0 Å². The largest absolute Gasteiger partial charge is 0.508 e. The number of benzene rings is 2. The van der Waals surface area contributed by atoms with Crippen LogP contribution in [-0.2, 0) is 0 Å². The average Bonchev–Trinajstić information content (AvgIpc) is 2.44. The third-order valence-electron chi connectivity index (χ3n) is 2.72. The molecule has 0 atom stereocenters. The molecule has 5 heteroatoms. The first-order valence-corrected chi connectivity index (χ1v) is 5.74. The minimum absolute atomic E-state index is 0.115. The maximum Gasteiger partial charge on any atom is 0.201 e. The van der Waals surface area contributed by atoms with Gasteiger partial charge in [0.15, 0.2) is 17.3 Å². The predicted octanol–water partition coefficient (Wildman–Crippen LogP) is 2.41. The van der Waals surface area contributed by atoms with Crippen LogP contribution >= 0.6 is 0 Å². The van der Waals surface area contributed by atoms with Crippen LogP contribution in [0.5, 0.6) is 23.0 Å². The van der Waals surface area contributed by atoms with Crippen molar-refractivity contribution in [2.75, 3.05) is 0 Å². The number of hydrogen-bond donors (Lipinski definition) is 4. The molecule has 0 aliphatic heterocycles. The van der Waals surface area contributed by atoms with Gasteiger partial charge in [0.25, 0.3) is 0 Å². The summed E-state index contributed by atoms with van der Waals surface area (Å²) in [5.74, 6) is -2.29. The zero-order valence-corrected chi connectivity index (χ0v) is 10.3. The van der Waals surface area contributed by atoms with Crippen molar-refractivity contribution >= 4 is 11.9 Å². The van der Waals surface area contributed by atoms with E-state index in [4.69, 9.17) is 5.11 Å². The molecule has 0 aliphatic carbocycles. The molecule has 2 aromatic carbocycles. The Morgan fingerprint density at radius 1 is 0.850 bits per heavy atom. The van der Waals surface area contributed by atoms with Gasteiger partial charge in [-0.3, -0.25) is 4.79 Å². The summed E-state index contributed by atoms with van der Waals surface area (Å²) < 4.78 is 0. The van der Waals surface area contributed by atoms with Gasteiger partial charge in [-0.2, -0.15) is 0 Å². The number of phenols is 4. The number of rotatable bonds is 3. The van der Waals surface area contributed by atoms with Crippen LogP contribution in [0, 0.1) is 0 Å². The molecular weight excluding hydrogens is 260 g/mol. The van der Waals surface area contributed by atoms with Crippen LogP contribution in [0.15, 0.2) is 42.5 Å². The molecular formula is C15H12O5. The molecule has 0 bridgehead atoms. The lowest BCUT2D eigenvalue weighted by Gasteiger charge is -2.04. The van der Waals surface area contributed by atoms with Crippen LogP contribution < -0.4 is 0 Å². The molecule has 0 aromatic heterocycles. The fraction of sp³-hybridized carbons (Fsp3) is 0. The van der Waals surface area contributed by atoms with E-state index in [0.29, 0.717) is 5.56 Å². The average molecular weight is 272 g/mol. The quantitative estimate of drug-likeness (QED) is 0.391. The smallest absolute Gasteiger partial charge is 0.201 e. The van der Waals surface area contributed by atoms with E-state index in [1.165, 1.54) is 30.4 Å². The highest BCUT2D eigenvalue weighted by atomic mass is 16.3. The first kappa shape index (κ1) is 13.5. The van der Waals surface area contributed by atoms with E-state index in [2.05, 4.69) is 0 Å². The van der Waals surface area contributed by atoms with Gasteiger partial charge in [-0.1, -0.05) is 18.2 Å². The number of phenolic OH excluding ortho intramolecular Hbond substituents is 4. The minimum Gasteiger partial charge on any atom is -0.508 e. The second-order valence-corrected chi connectivity index (χ2v) is 4.12. The Morgan fingerprint density at radius 2 is 1.50 bits per heavy atom. The van der Waals surface area contributed by atoms with Gasteiger partial charge in [-0.25, -0.2) is 0 Å². The van der Waals surface area contributed by atoms with E-state index in [-0.39, 0.29) is 11.3 Å². The van der Waals surface area contributed by atoms with Crippen LogP contribution in [0.3, 0.4) is 0 Å². The standard InChI is InChI=1S/C15H12O5/c16-10-4-1-9(2-5-10)3-7-12(17)11-6-8-13(18)15(20)14(11)19/h1-8,16,18-20H/b7-3+. The fourth-order valence-electron chi connectivity index (χ4n) is 1.61. The highest BCUT2D eigenvalue weighted by molar-refractivity contribution is 6.09.